The molecule has 140 valence electrons. The second-order valence-electron chi connectivity index (χ2n) is 6.43. The van der Waals surface area contributed by atoms with Crippen molar-refractivity contribution in [3.05, 3.63) is 23.8 Å². The van der Waals surface area contributed by atoms with E-state index in [0.29, 0.717) is 42.1 Å². The van der Waals surface area contributed by atoms with Gasteiger partial charge in [0.2, 0.25) is 10.0 Å². The highest BCUT2D eigenvalue weighted by atomic mass is 32.2. The third-order valence-corrected chi connectivity index (χ3v) is 6.72. The molecule has 1 heterocycles. The Morgan fingerprint density at radius 2 is 2.08 bits per heavy atom. The first kappa shape index (κ1) is 19.7. The van der Waals surface area contributed by atoms with Gasteiger partial charge in [0.05, 0.1) is 18.6 Å². The summed E-state index contributed by atoms with van der Waals surface area (Å²) in [4.78, 5) is 13.0. The number of hydrogen-bond acceptors (Lipinski definition) is 5. The number of aliphatic carboxylic acids is 1. The number of carbonyl (C=O) groups is 1. The Bertz CT molecular complexity index is 720. The molecule has 0 spiro atoms. The molecule has 1 N–H and O–H groups in total. The summed E-state index contributed by atoms with van der Waals surface area (Å²) < 4.78 is 32.6. The number of aryl methyl sites for hydroxylation is 1. The molecule has 1 aliphatic heterocycles. The van der Waals surface area contributed by atoms with Crippen molar-refractivity contribution < 1.29 is 23.1 Å². The number of hydrogen-bond donors (Lipinski definition) is 1. The number of carboxylic acids is 1. The molecule has 2 rings (SSSR count). The first-order valence-corrected chi connectivity index (χ1v) is 9.76. The van der Waals surface area contributed by atoms with Crippen LogP contribution in [0.2, 0.25) is 0 Å². The largest absolute Gasteiger partial charge is 0.497 e. The lowest BCUT2D eigenvalue weighted by Crippen LogP contribution is -2.37. The molecule has 0 saturated carbocycles. The lowest BCUT2D eigenvalue weighted by molar-refractivity contribution is -0.138. The van der Waals surface area contributed by atoms with E-state index in [4.69, 9.17) is 9.84 Å². The number of carboxylic acid groups (broad SMARTS) is 1. The van der Waals surface area contributed by atoms with Crippen LogP contribution in [0.3, 0.4) is 0 Å². The van der Waals surface area contributed by atoms with E-state index >= 15 is 0 Å². The van der Waals surface area contributed by atoms with Crippen molar-refractivity contribution in [2.24, 2.45) is 0 Å². The highest BCUT2D eigenvalue weighted by Gasteiger charge is 2.30. The van der Waals surface area contributed by atoms with Gasteiger partial charge in [-0.2, -0.15) is 4.31 Å². The Hall–Kier alpha value is -1.64. The number of sulfonamides is 1. The molecule has 1 unspecified atom stereocenters. The molecule has 1 atom stereocenters. The second kappa shape index (κ2) is 8.16. The van der Waals surface area contributed by atoms with E-state index in [1.807, 2.05) is 0 Å². The normalized spacial score (nSPS) is 19.6. The van der Waals surface area contributed by atoms with Gasteiger partial charge >= 0.3 is 5.97 Å². The van der Waals surface area contributed by atoms with Gasteiger partial charge in [-0.15, -0.1) is 0 Å². The van der Waals surface area contributed by atoms with Crippen LogP contribution in [-0.4, -0.2) is 68.5 Å². The molecule has 0 aliphatic carbocycles. The highest BCUT2D eigenvalue weighted by molar-refractivity contribution is 7.89. The van der Waals surface area contributed by atoms with Crippen molar-refractivity contribution in [3.8, 4) is 5.75 Å². The zero-order chi connectivity index (χ0) is 18.6. The van der Waals surface area contributed by atoms with Gasteiger partial charge in [-0.1, -0.05) is 0 Å². The zero-order valence-corrected chi connectivity index (χ0v) is 15.8. The Labute approximate surface area is 149 Å². The quantitative estimate of drug-likeness (QED) is 0.818. The monoisotopic (exact) mass is 370 g/mol. The third kappa shape index (κ3) is 4.71. The van der Waals surface area contributed by atoms with Crippen molar-refractivity contribution in [2.75, 3.05) is 33.8 Å². The molecule has 8 heteroatoms. The van der Waals surface area contributed by atoms with Crippen LogP contribution in [0.25, 0.3) is 0 Å². The number of benzene rings is 1. The molecular formula is C17H26N2O5S. The van der Waals surface area contributed by atoms with E-state index in [1.165, 1.54) is 4.31 Å². The van der Waals surface area contributed by atoms with E-state index in [2.05, 4.69) is 0 Å². The maximum Gasteiger partial charge on any atom is 0.317 e. The third-order valence-electron chi connectivity index (χ3n) is 4.66. The number of ether oxygens (including phenoxy) is 1. The van der Waals surface area contributed by atoms with Crippen molar-refractivity contribution >= 4 is 16.0 Å². The van der Waals surface area contributed by atoms with Gasteiger partial charge in [0.1, 0.15) is 5.75 Å². The minimum atomic E-state index is -3.57. The number of rotatable bonds is 6. The number of methoxy groups -OCH3 is 1. The molecular weight excluding hydrogens is 344 g/mol. The van der Waals surface area contributed by atoms with E-state index < -0.39 is 16.0 Å². The van der Waals surface area contributed by atoms with E-state index in [1.54, 1.807) is 44.2 Å². The van der Waals surface area contributed by atoms with E-state index in [0.717, 1.165) is 6.42 Å². The molecule has 7 nitrogen and oxygen atoms in total. The summed E-state index contributed by atoms with van der Waals surface area (Å²) in [6, 6.07) is 5.03. The van der Waals surface area contributed by atoms with Gasteiger partial charge < -0.3 is 9.84 Å². The van der Waals surface area contributed by atoms with Crippen LogP contribution in [0.4, 0.5) is 0 Å². The van der Waals surface area contributed by atoms with Crippen LogP contribution in [0.1, 0.15) is 24.8 Å². The maximum absolute atomic E-state index is 13.0. The number of likely N-dealkylation sites (N-methyl/N-ethyl adjacent to an activating group) is 1. The zero-order valence-electron chi connectivity index (χ0n) is 14.9. The summed E-state index contributed by atoms with van der Waals surface area (Å²) in [5.41, 5.74) is 0.656. The van der Waals surface area contributed by atoms with Crippen LogP contribution >= 0.6 is 0 Å². The molecule has 1 saturated heterocycles. The smallest absolute Gasteiger partial charge is 0.317 e. The fourth-order valence-corrected chi connectivity index (χ4v) is 4.95. The molecule has 0 bridgehead atoms. The fraction of sp³-hybridized carbons (Fsp3) is 0.588. The average Bonchev–Trinajstić information content (AvgIpc) is 2.80. The lowest BCUT2D eigenvalue weighted by Gasteiger charge is -2.25. The van der Waals surface area contributed by atoms with Gasteiger partial charge in [0.15, 0.2) is 0 Å². The topological polar surface area (TPSA) is 87.2 Å². The molecule has 1 aromatic carbocycles. The fourth-order valence-electron chi connectivity index (χ4n) is 3.25. The molecule has 25 heavy (non-hydrogen) atoms. The van der Waals surface area contributed by atoms with Gasteiger partial charge in [0.25, 0.3) is 0 Å². The van der Waals surface area contributed by atoms with Crippen LogP contribution in [0, 0.1) is 6.92 Å². The SMILES string of the molecule is COc1ccc(S(=O)(=O)N2CCCC(N(C)CC(=O)O)CC2)c(C)c1. The van der Waals surface area contributed by atoms with Crippen LogP contribution < -0.4 is 4.74 Å². The first-order chi connectivity index (χ1) is 11.8. The Morgan fingerprint density at radius 3 is 2.68 bits per heavy atom. The van der Waals surface area contributed by atoms with Gasteiger partial charge in [-0.05, 0) is 57.0 Å². The summed E-state index contributed by atoms with van der Waals surface area (Å²) in [6.45, 7) is 2.57. The first-order valence-electron chi connectivity index (χ1n) is 8.32. The number of nitrogens with zero attached hydrogens (tertiary/aromatic N) is 2. The predicted molar refractivity (Wildman–Crippen MR) is 94.4 cm³/mol. The summed E-state index contributed by atoms with van der Waals surface area (Å²) in [7, 11) is -0.249. The van der Waals surface area contributed by atoms with E-state index in [9.17, 15) is 13.2 Å². The van der Waals surface area contributed by atoms with Crippen molar-refractivity contribution in [1.82, 2.24) is 9.21 Å². The molecule has 1 aromatic rings. The van der Waals surface area contributed by atoms with Crippen molar-refractivity contribution in [2.45, 2.75) is 37.1 Å². The van der Waals surface area contributed by atoms with Crippen molar-refractivity contribution in [1.29, 1.82) is 0 Å². The van der Waals surface area contributed by atoms with Crippen LogP contribution in [0.15, 0.2) is 23.1 Å². The minimum absolute atomic E-state index is 0.0327. The highest BCUT2D eigenvalue weighted by Crippen LogP contribution is 2.26. The van der Waals surface area contributed by atoms with Gasteiger partial charge in [-0.25, -0.2) is 8.42 Å². The summed E-state index contributed by atoms with van der Waals surface area (Å²) in [5.74, 6) is -0.243. The van der Waals surface area contributed by atoms with Crippen molar-refractivity contribution in [3.63, 3.8) is 0 Å². The van der Waals surface area contributed by atoms with Crippen LogP contribution in [-0.2, 0) is 14.8 Å². The Balaban J connectivity index is 2.14. The molecule has 0 radical (unpaired) electrons. The Kier molecular flexibility index (Phi) is 6.42. The van der Waals surface area contributed by atoms with Crippen LogP contribution in [0.5, 0.6) is 5.75 Å². The Morgan fingerprint density at radius 1 is 1.36 bits per heavy atom. The molecule has 1 fully saturated rings. The summed E-state index contributed by atoms with van der Waals surface area (Å²) in [6.07, 6.45) is 2.12. The summed E-state index contributed by atoms with van der Waals surface area (Å²) >= 11 is 0. The predicted octanol–water partition coefficient (Wildman–Crippen LogP) is 1.56. The second-order valence-corrected chi connectivity index (χ2v) is 8.34. The minimum Gasteiger partial charge on any atom is -0.497 e. The van der Waals surface area contributed by atoms with Gasteiger partial charge in [0, 0.05) is 19.1 Å². The van der Waals surface area contributed by atoms with Gasteiger partial charge in [-0.3, -0.25) is 9.69 Å². The standard InChI is InChI=1S/C17H26N2O5S/c1-13-11-15(24-3)6-7-16(13)25(22,23)19-9-4-5-14(8-10-19)18(2)12-17(20)21/h6-7,11,14H,4-5,8-10,12H2,1-3H3,(H,20,21). The molecule has 0 amide bonds. The maximum atomic E-state index is 13.0. The molecule has 0 aromatic heterocycles. The average molecular weight is 370 g/mol. The van der Waals surface area contributed by atoms with E-state index in [-0.39, 0.29) is 12.6 Å². The molecule has 1 aliphatic rings. The summed E-state index contributed by atoms with van der Waals surface area (Å²) in [5, 5.41) is 8.93. The lowest BCUT2D eigenvalue weighted by atomic mass is 10.1.